The molecule has 1 amide bonds. The first-order valence-corrected chi connectivity index (χ1v) is 7.97. The maximum absolute atomic E-state index is 12.4. The van der Waals surface area contributed by atoms with Crippen LogP contribution in [0.15, 0.2) is 24.3 Å². The van der Waals surface area contributed by atoms with Crippen LogP contribution >= 0.6 is 0 Å². The minimum Gasteiger partial charge on any atom is -0.497 e. The van der Waals surface area contributed by atoms with Gasteiger partial charge in [-0.05, 0) is 37.0 Å². The van der Waals surface area contributed by atoms with Gasteiger partial charge in [0.05, 0.1) is 19.9 Å². The summed E-state index contributed by atoms with van der Waals surface area (Å²) in [4.78, 5) is 12.4. The number of ether oxygens (including phenoxy) is 2. The standard InChI is InChI=1S/C18H25N3O3/c1-12(14-6-8-15(23-4)9-7-14)10-11-19-17(22)16-13(2)20-21(3)18(16)24-5/h6-9,12H,10-11H2,1-5H3,(H,19,22)/t12-/m1/s1. The van der Waals surface area contributed by atoms with Gasteiger partial charge in [-0.15, -0.1) is 0 Å². The van der Waals surface area contributed by atoms with Gasteiger partial charge in [-0.25, -0.2) is 4.68 Å². The van der Waals surface area contributed by atoms with Gasteiger partial charge < -0.3 is 14.8 Å². The third-order valence-electron chi connectivity index (χ3n) is 4.14. The minimum atomic E-state index is -0.153. The van der Waals surface area contributed by atoms with Crippen molar-refractivity contribution in [3.05, 3.63) is 41.1 Å². The van der Waals surface area contributed by atoms with Crippen LogP contribution in [0.2, 0.25) is 0 Å². The Labute approximate surface area is 142 Å². The number of hydrogen-bond acceptors (Lipinski definition) is 4. The third kappa shape index (κ3) is 3.88. The van der Waals surface area contributed by atoms with Gasteiger partial charge in [-0.1, -0.05) is 19.1 Å². The first-order chi connectivity index (χ1) is 11.5. The molecule has 1 N–H and O–H groups in total. The molecule has 1 atom stereocenters. The quantitative estimate of drug-likeness (QED) is 0.847. The van der Waals surface area contributed by atoms with Gasteiger partial charge in [-0.3, -0.25) is 4.79 Å². The second-order valence-corrected chi connectivity index (χ2v) is 5.81. The molecule has 1 aromatic carbocycles. The fourth-order valence-corrected chi connectivity index (χ4v) is 2.72. The molecule has 6 nitrogen and oxygen atoms in total. The van der Waals surface area contributed by atoms with Gasteiger partial charge in [0.2, 0.25) is 5.88 Å². The van der Waals surface area contributed by atoms with Crippen molar-refractivity contribution in [2.75, 3.05) is 20.8 Å². The van der Waals surface area contributed by atoms with Crippen molar-refractivity contribution >= 4 is 5.91 Å². The number of carbonyl (C=O) groups excluding carboxylic acids is 1. The summed E-state index contributed by atoms with van der Waals surface area (Å²) >= 11 is 0. The van der Waals surface area contributed by atoms with Gasteiger partial charge in [0, 0.05) is 13.6 Å². The Bertz CT molecular complexity index is 692. The van der Waals surface area contributed by atoms with Crippen molar-refractivity contribution in [1.29, 1.82) is 0 Å². The van der Waals surface area contributed by atoms with E-state index in [1.165, 1.54) is 5.56 Å². The van der Waals surface area contributed by atoms with Crippen LogP contribution in [-0.4, -0.2) is 36.5 Å². The summed E-state index contributed by atoms with van der Waals surface area (Å²) in [5.41, 5.74) is 2.38. The summed E-state index contributed by atoms with van der Waals surface area (Å²) in [5, 5.41) is 7.18. The second kappa shape index (κ2) is 7.86. The fraction of sp³-hybridized carbons (Fsp3) is 0.444. The number of methoxy groups -OCH3 is 2. The van der Waals surface area contributed by atoms with Crippen molar-refractivity contribution in [2.45, 2.75) is 26.2 Å². The van der Waals surface area contributed by atoms with E-state index in [2.05, 4.69) is 29.5 Å². The van der Waals surface area contributed by atoms with Gasteiger partial charge in [0.25, 0.3) is 5.91 Å². The molecule has 0 unspecified atom stereocenters. The first-order valence-electron chi connectivity index (χ1n) is 7.97. The lowest BCUT2D eigenvalue weighted by molar-refractivity contribution is 0.0948. The van der Waals surface area contributed by atoms with E-state index in [9.17, 15) is 4.79 Å². The highest BCUT2D eigenvalue weighted by Crippen LogP contribution is 2.22. The number of aryl methyl sites for hydroxylation is 2. The van der Waals surface area contributed by atoms with Crippen molar-refractivity contribution < 1.29 is 14.3 Å². The van der Waals surface area contributed by atoms with E-state index >= 15 is 0 Å². The average molecular weight is 331 g/mol. The SMILES string of the molecule is COc1ccc([C@H](C)CCNC(=O)c2c(C)nn(C)c2OC)cc1. The van der Waals surface area contributed by atoms with Crippen molar-refractivity contribution in [1.82, 2.24) is 15.1 Å². The van der Waals surface area contributed by atoms with E-state index in [0.717, 1.165) is 12.2 Å². The molecule has 0 saturated heterocycles. The maximum Gasteiger partial charge on any atom is 0.258 e. The van der Waals surface area contributed by atoms with E-state index in [-0.39, 0.29) is 5.91 Å². The highest BCUT2D eigenvalue weighted by molar-refractivity contribution is 5.97. The highest BCUT2D eigenvalue weighted by atomic mass is 16.5. The Morgan fingerprint density at radius 2 is 1.92 bits per heavy atom. The normalized spacial score (nSPS) is 11.9. The molecule has 1 aromatic heterocycles. The van der Waals surface area contributed by atoms with Gasteiger partial charge in [0.1, 0.15) is 11.3 Å². The first kappa shape index (κ1) is 17.8. The lowest BCUT2D eigenvalue weighted by atomic mass is 9.98. The monoisotopic (exact) mass is 331 g/mol. The zero-order chi connectivity index (χ0) is 17.7. The number of hydrogen-bond donors (Lipinski definition) is 1. The molecule has 0 aliphatic rings. The van der Waals surface area contributed by atoms with Crippen LogP contribution in [0.3, 0.4) is 0 Å². The predicted molar refractivity (Wildman–Crippen MR) is 92.9 cm³/mol. The third-order valence-corrected chi connectivity index (χ3v) is 4.14. The van der Waals surface area contributed by atoms with E-state index in [1.807, 2.05) is 12.1 Å². The number of carbonyl (C=O) groups is 1. The number of rotatable bonds is 7. The van der Waals surface area contributed by atoms with Crippen molar-refractivity contribution in [3.63, 3.8) is 0 Å². The van der Waals surface area contributed by atoms with E-state index in [4.69, 9.17) is 9.47 Å². The summed E-state index contributed by atoms with van der Waals surface area (Å²) in [5.74, 6) is 1.51. The summed E-state index contributed by atoms with van der Waals surface area (Å²) in [6, 6.07) is 8.02. The topological polar surface area (TPSA) is 65.4 Å². The number of nitrogens with one attached hydrogen (secondary N) is 1. The molecule has 2 rings (SSSR count). The predicted octanol–water partition coefficient (Wildman–Crippen LogP) is 2.67. The molecular formula is C18H25N3O3. The number of aromatic nitrogens is 2. The number of benzene rings is 1. The van der Waals surface area contributed by atoms with Gasteiger partial charge in [0.15, 0.2) is 0 Å². The van der Waals surface area contributed by atoms with Crippen molar-refractivity contribution in [3.8, 4) is 11.6 Å². The van der Waals surface area contributed by atoms with Crippen LogP contribution in [0, 0.1) is 6.92 Å². The molecule has 0 aliphatic carbocycles. The Hall–Kier alpha value is -2.50. The Kier molecular flexibility index (Phi) is 5.84. The zero-order valence-electron chi connectivity index (χ0n) is 14.9. The van der Waals surface area contributed by atoms with Gasteiger partial charge in [-0.2, -0.15) is 5.10 Å². The van der Waals surface area contributed by atoms with E-state index in [1.54, 1.807) is 32.9 Å². The van der Waals surface area contributed by atoms with Crippen LogP contribution in [0.25, 0.3) is 0 Å². The summed E-state index contributed by atoms with van der Waals surface area (Å²) in [6.45, 7) is 4.53. The summed E-state index contributed by atoms with van der Waals surface area (Å²) < 4.78 is 12.0. The van der Waals surface area contributed by atoms with E-state index in [0.29, 0.717) is 29.6 Å². The molecule has 6 heteroatoms. The van der Waals surface area contributed by atoms with Crippen LogP contribution in [-0.2, 0) is 7.05 Å². The second-order valence-electron chi connectivity index (χ2n) is 5.81. The number of nitrogens with zero attached hydrogens (tertiary/aromatic N) is 2. The van der Waals surface area contributed by atoms with Crippen LogP contribution in [0.1, 0.15) is 40.9 Å². The molecule has 0 radical (unpaired) electrons. The molecular weight excluding hydrogens is 306 g/mol. The van der Waals surface area contributed by atoms with Crippen LogP contribution in [0.5, 0.6) is 11.6 Å². The fourth-order valence-electron chi connectivity index (χ4n) is 2.72. The Balaban J connectivity index is 1.92. The van der Waals surface area contributed by atoms with Gasteiger partial charge >= 0.3 is 0 Å². The Morgan fingerprint density at radius 3 is 2.50 bits per heavy atom. The molecule has 0 saturated carbocycles. The highest BCUT2D eigenvalue weighted by Gasteiger charge is 2.20. The van der Waals surface area contributed by atoms with Crippen LogP contribution < -0.4 is 14.8 Å². The molecule has 1 heterocycles. The maximum atomic E-state index is 12.4. The lowest BCUT2D eigenvalue weighted by Gasteiger charge is -2.13. The van der Waals surface area contributed by atoms with Crippen molar-refractivity contribution in [2.24, 2.45) is 7.05 Å². The largest absolute Gasteiger partial charge is 0.497 e. The zero-order valence-corrected chi connectivity index (χ0v) is 14.9. The number of amides is 1. The molecule has 0 bridgehead atoms. The van der Waals surface area contributed by atoms with Crippen LogP contribution in [0.4, 0.5) is 0 Å². The van der Waals surface area contributed by atoms with E-state index < -0.39 is 0 Å². The molecule has 0 spiro atoms. The summed E-state index contributed by atoms with van der Waals surface area (Å²) in [6.07, 6.45) is 0.847. The molecule has 0 fully saturated rings. The molecule has 2 aromatic rings. The summed E-state index contributed by atoms with van der Waals surface area (Å²) in [7, 11) is 4.95. The smallest absolute Gasteiger partial charge is 0.258 e. The molecule has 130 valence electrons. The molecule has 24 heavy (non-hydrogen) atoms. The minimum absolute atomic E-state index is 0.153. The average Bonchev–Trinajstić information content (AvgIpc) is 2.88. The molecule has 0 aliphatic heterocycles. The lowest BCUT2D eigenvalue weighted by Crippen LogP contribution is -2.26. The Morgan fingerprint density at radius 1 is 1.25 bits per heavy atom.